The fraction of sp³-hybridized carbons (Fsp3) is 0.821. The molecule has 16 nitrogen and oxygen atoms in total. The molecule has 0 aromatic rings. The molecule has 0 spiro atoms. The predicted molar refractivity (Wildman–Crippen MR) is 160 cm³/mol. The van der Waals surface area contributed by atoms with Crippen LogP contribution in [0.2, 0.25) is 0 Å². The van der Waals surface area contributed by atoms with Gasteiger partial charge in [-0.3, -0.25) is 33.9 Å². The Kier molecular flexibility index (Phi) is 20.9. The lowest BCUT2D eigenvalue weighted by Crippen LogP contribution is -2.50. The number of carboxylic acid groups (broad SMARTS) is 3. The Morgan fingerprint density at radius 3 is 1.66 bits per heavy atom. The molecule has 1 atom stereocenters. The van der Waals surface area contributed by atoms with Gasteiger partial charge in [0.25, 0.3) is 0 Å². The number of carboxylic acids is 3. The van der Waals surface area contributed by atoms with Crippen molar-refractivity contribution in [2.45, 2.75) is 39.2 Å². The topological polar surface area (TPSA) is 202 Å². The van der Waals surface area contributed by atoms with Gasteiger partial charge in [-0.2, -0.15) is 0 Å². The molecule has 1 saturated heterocycles. The van der Waals surface area contributed by atoms with E-state index >= 15 is 0 Å². The van der Waals surface area contributed by atoms with Crippen LogP contribution >= 0.6 is 0 Å². The summed E-state index contributed by atoms with van der Waals surface area (Å²) in [5, 5.41) is 33.5. The fourth-order valence-corrected chi connectivity index (χ4v) is 4.58. The molecule has 44 heavy (non-hydrogen) atoms. The highest BCUT2D eigenvalue weighted by Crippen LogP contribution is 2.03. The van der Waals surface area contributed by atoms with Gasteiger partial charge in [0.05, 0.1) is 32.8 Å². The van der Waals surface area contributed by atoms with Crippen molar-refractivity contribution in [1.82, 2.24) is 30.2 Å². The molecule has 2 amide bonds. The molecular weight excluding hydrogens is 580 g/mol. The van der Waals surface area contributed by atoms with Gasteiger partial charge in [0.2, 0.25) is 11.8 Å². The number of carbonyl (C=O) groups excluding carboxylic acids is 2. The van der Waals surface area contributed by atoms with Crippen LogP contribution in [-0.4, -0.2) is 182 Å². The first kappa shape index (κ1) is 39.1. The minimum absolute atomic E-state index is 0.0688. The number of amides is 2. The largest absolute Gasteiger partial charge is 0.480 e. The molecule has 1 aliphatic rings. The molecule has 0 aliphatic carbocycles. The molecule has 0 unspecified atom stereocenters. The minimum Gasteiger partial charge on any atom is -0.480 e. The number of hydrogen-bond donors (Lipinski definition) is 5. The minimum atomic E-state index is -1.24. The molecule has 16 heteroatoms. The third kappa shape index (κ3) is 19.4. The summed E-state index contributed by atoms with van der Waals surface area (Å²) in [6, 6.07) is -1.24. The Balaban J connectivity index is 2.66. The van der Waals surface area contributed by atoms with Crippen LogP contribution in [0.3, 0.4) is 0 Å². The highest BCUT2D eigenvalue weighted by molar-refractivity contribution is 5.85. The van der Waals surface area contributed by atoms with E-state index in [2.05, 4.69) is 15.5 Å². The second-order valence-corrected chi connectivity index (χ2v) is 10.6. The molecule has 1 aliphatic heterocycles. The highest BCUT2D eigenvalue weighted by Gasteiger charge is 2.24. The number of aliphatic carboxylic acids is 3. The fourth-order valence-electron chi connectivity index (χ4n) is 4.58. The molecule has 5 N–H and O–H groups in total. The molecule has 0 bridgehead atoms. The van der Waals surface area contributed by atoms with Crippen LogP contribution in [0, 0.1) is 0 Å². The Morgan fingerprint density at radius 2 is 1.18 bits per heavy atom. The zero-order chi connectivity index (χ0) is 32.7. The van der Waals surface area contributed by atoms with Gasteiger partial charge >= 0.3 is 17.9 Å². The van der Waals surface area contributed by atoms with Crippen molar-refractivity contribution in [3.05, 3.63) is 0 Å². The molecule has 1 heterocycles. The van der Waals surface area contributed by atoms with E-state index in [0.29, 0.717) is 91.8 Å². The first-order chi connectivity index (χ1) is 21.0. The van der Waals surface area contributed by atoms with E-state index in [1.165, 1.54) is 0 Å². The van der Waals surface area contributed by atoms with E-state index in [9.17, 15) is 39.3 Å². The van der Waals surface area contributed by atoms with Gasteiger partial charge in [-0.15, -0.1) is 0 Å². The number of likely N-dealkylation sites (N-methyl/N-ethyl adjacent to an activating group) is 1. The number of rotatable bonds is 20. The number of ether oxygens (including phenoxy) is 2. The summed E-state index contributed by atoms with van der Waals surface area (Å²) in [7, 11) is 0. The zero-order valence-corrected chi connectivity index (χ0v) is 26.2. The Hall–Kier alpha value is -2.89. The average Bonchev–Trinajstić information content (AvgIpc) is 2.96. The van der Waals surface area contributed by atoms with Gasteiger partial charge in [0.15, 0.2) is 0 Å². The maximum atomic E-state index is 12.9. The lowest BCUT2D eigenvalue weighted by molar-refractivity contribution is -0.142. The molecular formula is C28H52N6O10. The van der Waals surface area contributed by atoms with Crippen LogP contribution in [0.15, 0.2) is 0 Å². The summed E-state index contributed by atoms with van der Waals surface area (Å²) < 4.78 is 10.6. The van der Waals surface area contributed by atoms with Crippen molar-refractivity contribution in [1.29, 1.82) is 0 Å². The predicted octanol–water partition coefficient (Wildman–Crippen LogP) is -1.69. The van der Waals surface area contributed by atoms with Crippen LogP contribution in [0.25, 0.3) is 0 Å². The second kappa shape index (κ2) is 23.5. The number of hydrogen-bond acceptors (Lipinski definition) is 11. The van der Waals surface area contributed by atoms with E-state index in [1.807, 2.05) is 18.7 Å². The molecule has 254 valence electrons. The normalized spacial score (nSPS) is 17.2. The van der Waals surface area contributed by atoms with E-state index in [-0.39, 0.29) is 38.4 Å². The van der Waals surface area contributed by atoms with Gasteiger partial charge in [-0.25, -0.2) is 4.79 Å². The third-order valence-electron chi connectivity index (χ3n) is 7.12. The Bertz CT molecular complexity index is 880. The van der Waals surface area contributed by atoms with Crippen molar-refractivity contribution in [2.24, 2.45) is 0 Å². The Morgan fingerprint density at radius 1 is 0.682 bits per heavy atom. The second-order valence-electron chi connectivity index (χ2n) is 10.6. The van der Waals surface area contributed by atoms with Gasteiger partial charge in [0.1, 0.15) is 6.04 Å². The summed E-state index contributed by atoms with van der Waals surface area (Å²) in [4.78, 5) is 67.2. The summed E-state index contributed by atoms with van der Waals surface area (Å²) in [5.41, 5.74) is 0. The molecule has 1 rings (SSSR count). The van der Waals surface area contributed by atoms with E-state index in [4.69, 9.17) is 9.47 Å². The average molecular weight is 633 g/mol. The van der Waals surface area contributed by atoms with Crippen LogP contribution in [0.1, 0.15) is 33.1 Å². The molecule has 0 aromatic heterocycles. The lowest BCUT2D eigenvalue weighted by atomic mass is 10.1. The van der Waals surface area contributed by atoms with Crippen LogP contribution in [0.5, 0.6) is 0 Å². The van der Waals surface area contributed by atoms with Crippen molar-refractivity contribution < 1.29 is 48.8 Å². The summed E-state index contributed by atoms with van der Waals surface area (Å²) in [6.45, 7) is 10.2. The van der Waals surface area contributed by atoms with Gasteiger partial charge < -0.3 is 40.3 Å². The first-order valence-electron chi connectivity index (χ1n) is 15.3. The Labute approximate surface area is 259 Å². The van der Waals surface area contributed by atoms with Crippen LogP contribution < -0.4 is 10.6 Å². The van der Waals surface area contributed by atoms with E-state index in [1.54, 1.807) is 9.80 Å². The summed E-state index contributed by atoms with van der Waals surface area (Å²) >= 11 is 0. The number of nitrogens with one attached hydrogen (secondary N) is 2. The third-order valence-corrected chi connectivity index (χ3v) is 7.12. The van der Waals surface area contributed by atoms with Crippen molar-refractivity contribution in [2.75, 3.05) is 112 Å². The summed E-state index contributed by atoms with van der Waals surface area (Å²) in [6.07, 6.45) is 0.466. The number of carbonyl (C=O) groups is 5. The van der Waals surface area contributed by atoms with Crippen LogP contribution in [-0.2, 0) is 33.4 Å². The van der Waals surface area contributed by atoms with Crippen molar-refractivity contribution in [3.8, 4) is 0 Å². The van der Waals surface area contributed by atoms with Gasteiger partial charge in [-0.05, 0) is 26.3 Å². The van der Waals surface area contributed by atoms with Gasteiger partial charge in [-0.1, -0.05) is 6.92 Å². The maximum absolute atomic E-state index is 12.9. The van der Waals surface area contributed by atoms with E-state index < -0.39 is 29.9 Å². The van der Waals surface area contributed by atoms with Crippen LogP contribution in [0.4, 0.5) is 0 Å². The monoisotopic (exact) mass is 632 g/mol. The van der Waals surface area contributed by atoms with Crippen molar-refractivity contribution in [3.63, 3.8) is 0 Å². The molecule has 1 fully saturated rings. The van der Waals surface area contributed by atoms with Crippen molar-refractivity contribution >= 4 is 29.7 Å². The number of nitrogens with zero attached hydrogens (tertiary/aromatic N) is 4. The quantitative estimate of drug-likeness (QED) is 0.0952. The molecule has 0 radical (unpaired) electrons. The zero-order valence-electron chi connectivity index (χ0n) is 26.2. The van der Waals surface area contributed by atoms with E-state index in [0.717, 1.165) is 6.54 Å². The lowest BCUT2D eigenvalue weighted by Gasteiger charge is -2.33. The smallest absolute Gasteiger partial charge is 0.326 e. The highest BCUT2D eigenvalue weighted by atomic mass is 16.5. The first-order valence-corrected chi connectivity index (χ1v) is 15.3. The SMILES string of the molecule is CCOCCOCCCNC(=O)CC[C@H](NC(=O)CN1CCN(CC)CCN(CC(=O)O)CCN(CC(=O)O)CC1)C(=O)O. The van der Waals surface area contributed by atoms with Gasteiger partial charge in [0, 0.05) is 78.5 Å². The molecule has 0 saturated carbocycles. The molecule has 0 aromatic carbocycles. The summed E-state index contributed by atoms with van der Waals surface area (Å²) in [5.74, 6) is -4.02. The standard InChI is InChI=1S/C28H52N6O10/c1-3-31-9-11-32(13-14-34(22-27(39)40)16-15-33(12-10-31)21-26(37)38)20-25(36)30-23(28(41)42)6-7-24(35)29-8-5-17-44-19-18-43-4-2/h23H,3-22H2,1-2H3,(H,29,35)(H,30,36)(H,37,38)(H,39,40)(H,41,42)/t23-/m0/s1. The maximum Gasteiger partial charge on any atom is 0.326 e.